The molecule has 37 heavy (non-hydrogen) atoms. The summed E-state index contributed by atoms with van der Waals surface area (Å²) in [6.07, 6.45) is 1.74. The first-order valence-corrected chi connectivity index (χ1v) is 13.7. The average molecular weight is 612 g/mol. The fourth-order valence-corrected chi connectivity index (χ4v) is 6.30. The standard InChI is InChI=1S/C26H16Cl5N3O2S/c27-15-9-14(10-16(28)11-15)21-22(26(21,30)31)24(36)34-18-5-6-20(29)19(12-18)23(35)33-17-3-1-13(2-4-17)25-32-7-8-37-25/h1-12,21-22H,(H,33,35)(H,34,36)/t21-,22+/m1/s1. The highest BCUT2D eigenvalue weighted by molar-refractivity contribution is 7.13. The van der Waals surface area contributed by atoms with Crippen LogP contribution < -0.4 is 10.6 Å². The third-order valence-corrected chi connectivity index (χ3v) is 8.41. The first-order chi connectivity index (χ1) is 17.6. The SMILES string of the molecule is O=C(Nc1ccc(-c2nccs2)cc1)c1cc(NC(=O)[C@@H]2[C@@H](c3cc(Cl)cc(Cl)c3)C2(Cl)Cl)ccc1Cl. The van der Waals surface area contributed by atoms with Crippen LogP contribution in [-0.4, -0.2) is 21.1 Å². The zero-order valence-corrected chi connectivity index (χ0v) is 23.2. The average Bonchev–Trinajstić information content (AvgIpc) is 3.16. The van der Waals surface area contributed by atoms with Crippen LogP contribution in [0.1, 0.15) is 21.8 Å². The number of alkyl halides is 2. The first-order valence-electron chi connectivity index (χ1n) is 10.9. The van der Waals surface area contributed by atoms with Crippen molar-refractivity contribution in [3.05, 3.63) is 98.4 Å². The highest BCUT2D eigenvalue weighted by Gasteiger charge is 2.67. The van der Waals surface area contributed by atoms with Gasteiger partial charge in [-0.05, 0) is 66.2 Å². The molecule has 0 saturated heterocycles. The molecule has 1 heterocycles. The lowest BCUT2D eigenvalue weighted by molar-refractivity contribution is -0.117. The molecule has 2 amide bonds. The number of nitrogens with zero attached hydrogens (tertiary/aromatic N) is 1. The second kappa shape index (κ2) is 10.4. The van der Waals surface area contributed by atoms with Gasteiger partial charge in [-0.15, -0.1) is 34.5 Å². The predicted octanol–water partition coefficient (Wildman–Crippen LogP) is 8.55. The number of thiazole rings is 1. The minimum absolute atomic E-state index is 0.195. The van der Waals surface area contributed by atoms with E-state index in [0.717, 1.165) is 10.6 Å². The number of benzene rings is 3. The van der Waals surface area contributed by atoms with Gasteiger partial charge in [0.1, 0.15) is 9.34 Å². The Morgan fingerprint density at radius 1 is 0.865 bits per heavy atom. The maximum absolute atomic E-state index is 13.0. The van der Waals surface area contributed by atoms with E-state index in [4.69, 9.17) is 58.0 Å². The van der Waals surface area contributed by atoms with Gasteiger partial charge in [0.05, 0.1) is 16.5 Å². The monoisotopic (exact) mass is 609 g/mol. The van der Waals surface area contributed by atoms with Crippen molar-refractivity contribution in [2.75, 3.05) is 10.6 Å². The summed E-state index contributed by atoms with van der Waals surface area (Å²) in [5.41, 5.74) is 2.77. The second-order valence-corrected chi connectivity index (χ2v) is 12.0. The van der Waals surface area contributed by atoms with Gasteiger partial charge in [-0.3, -0.25) is 9.59 Å². The molecule has 1 aromatic heterocycles. The van der Waals surface area contributed by atoms with Crippen molar-refractivity contribution in [1.29, 1.82) is 0 Å². The third-order valence-electron chi connectivity index (χ3n) is 5.88. The van der Waals surface area contributed by atoms with E-state index in [1.165, 1.54) is 23.5 Å². The van der Waals surface area contributed by atoms with Crippen molar-refractivity contribution < 1.29 is 9.59 Å². The van der Waals surface area contributed by atoms with E-state index < -0.39 is 28.0 Å². The smallest absolute Gasteiger partial charge is 0.257 e. The number of carbonyl (C=O) groups is 2. The Hall–Kier alpha value is -2.32. The quantitative estimate of drug-likeness (QED) is 0.215. The zero-order chi connectivity index (χ0) is 26.3. The first kappa shape index (κ1) is 26.3. The number of halogens is 5. The molecule has 2 atom stereocenters. The van der Waals surface area contributed by atoms with Gasteiger partial charge < -0.3 is 10.6 Å². The number of amides is 2. The van der Waals surface area contributed by atoms with E-state index in [9.17, 15) is 9.59 Å². The Morgan fingerprint density at radius 2 is 1.54 bits per heavy atom. The van der Waals surface area contributed by atoms with Crippen LogP contribution in [0.2, 0.25) is 15.1 Å². The molecule has 188 valence electrons. The minimum atomic E-state index is -1.32. The summed E-state index contributed by atoms with van der Waals surface area (Å²) < 4.78 is -1.32. The lowest BCUT2D eigenvalue weighted by Crippen LogP contribution is -2.18. The molecule has 11 heteroatoms. The van der Waals surface area contributed by atoms with Crippen LogP contribution in [0.4, 0.5) is 11.4 Å². The van der Waals surface area contributed by atoms with Gasteiger partial charge in [0.2, 0.25) is 5.91 Å². The molecule has 0 aliphatic heterocycles. The molecule has 3 aromatic carbocycles. The third kappa shape index (κ3) is 5.60. The molecular weight excluding hydrogens is 596 g/mol. The Kier molecular flexibility index (Phi) is 7.42. The molecule has 0 unspecified atom stereocenters. The van der Waals surface area contributed by atoms with Crippen molar-refractivity contribution in [3.8, 4) is 10.6 Å². The summed E-state index contributed by atoms with van der Waals surface area (Å²) >= 11 is 32.9. The second-order valence-electron chi connectivity index (χ2n) is 8.39. The van der Waals surface area contributed by atoms with E-state index in [0.29, 0.717) is 27.0 Å². The lowest BCUT2D eigenvalue weighted by atomic mass is 10.1. The molecule has 5 rings (SSSR count). The summed E-state index contributed by atoms with van der Waals surface area (Å²) in [4.78, 5) is 30.3. The van der Waals surface area contributed by atoms with Crippen LogP contribution in [0.3, 0.4) is 0 Å². The topological polar surface area (TPSA) is 71.1 Å². The highest BCUT2D eigenvalue weighted by atomic mass is 35.5. The van der Waals surface area contributed by atoms with Crippen LogP contribution in [0.5, 0.6) is 0 Å². The summed E-state index contributed by atoms with van der Waals surface area (Å²) in [5.74, 6) is -2.06. The molecule has 4 aromatic rings. The number of nitrogens with one attached hydrogen (secondary N) is 2. The molecule has 1 aliphatic carbocycles. The normalized spacial score (nSPS) is 17.8. The van der Waals surface area contributed by atoms with Gasteiger partial charge >= 0.3 is 0 Å². The summed E-state index contributed by atoms with van der Waals surface area (Å²) in [6.45, 7) is 0. The van der Waals surface area contributed by atoms with Crippen molar-refractivity contribution in [2.24, 2.45) is 5.92 Å². The zero-order valence-electron chi connectivity index (χ0n) is 18.6. The van der Waals surface area contributed by atoms with Crippen LogP contribution in [0, 0.1) is 5.92 Å². The number of aromatic nitrogens is 1. The summed E-state index contributed by atoms with van der Waals surface area (Å²) in [5, 5.41) is 9.46. The predicted molar refractivity (Wildman–Crippen MR) is 153 cm³/mol. The van der Waals surface area contributed by atoms with Gasteiger partial charge in [0, 0.05) is 44.5 Å². The number of carbonyl (C=O) groups excluding carboxylic acids is 2. The van der Waals surface area contributed by atoms with Crippen molar-refractivity contribution in [2.45, 2.75) is 10.3 Å². The Labute approximate surface area is 241 Å². The summed E-state index contributed by atoms with van der Waals surface area (Å²) in [7, 11) is 0. The Morgan fingerprint density at radius 3 is 2.19 bits per heavy atom. The molecule has 2 N–H and O–H groups in total. The van der Waals surface area contributed by atoms with Gasteiger partial charge in [0.25, 0.3) is 5.91 Å². The number of rotatable bonds is 6. The molecular formula is C26H16Cl5N3O2S. The van der Waals surface area contributed by atoms with Gasteiger partial charge in [0.15, 0.2) is 0 Å². The van der Waals surface area contributed by atoms with Crippen LogP contribution in [-0.2, 0) is 4.79 Å². The van der Waals surface area contributed by atoms with Crippen molar-refractivity contribution in [3.63, 3.8) is 0 Å². The molecule has 5 nitrogen and oxygen atoms in total. The Bertz CT molecular complexity index is 1470. The molecule has 0 radical (unpaired) electrons. The molecule has 1 fully saturated rings. The molecule has 1 saturated carbocycles. The van der Waals surface area contributed by atoms with E-state index in [1.54, 1.807) is 42.6 Å². The summed E-state index contributed by atoms with van der Waals surface area (Å²) in [6, 6.07) is 16.9. The van der Waals surface area contributed by atoms with Crippen LogP contribution >= 0.6 is 69.3 Å². The fraction of sp³-hybridized carbons (Fsp3) is 0.115. The van der Waals surface area contributed by atoms with E-state index in [-0.39, 0.29) is 10.6 Å². The van der Waals surface area contributed by atoms with E-state index in [1.807, 2.05) is 17.5 Å². The fourth-order valence-electron chi connectivity index (χ4n) is 4.08. The van der Waals surface area contributed by atoms with Gasteiger partial charge in [-0.1, -0.05) is 34.8 Å². The largest absolute Gasteiger partial charge is 0.326 e. The van der Waals surface area contributed by atoms with E-state index in [2.05, 4.69) is 15.6 Å². The van der Waals surface area contributed by atoms with E-state index >= 15 is 0 Å². The molecule has 1 aliphatic rings. The number of anilines is 2. The number of hydrogen-bond acceptors (Lipinski definition) is 4. The number of hydrogen-bond donors (Lipinski definition) is 2. The van der Waals surface area contributed by atoms with Gasteiger partial charge in [-0.2, -0.15) is 0 Å². The van der Waals surface area contributed by atoms with Crippen LogP contribution in [0.15, 0.2) is 72.2 Å². The van der Waals surface area contributed by atoms with Crippen molar-refractivity contribution >= 4 is 92.5 Å². The minimum Gasteiger partial charge on any atom is -0.326 e. The molecule has 0 spiro atoms. The van der Waals surface area contributed by atoms with Gasteiger partial charge in [-0.25, -0.2) is 4.98 Å². The maximum atomic E-state index is 13.0. The van der Waals surface area contributed by atoms with Crippen molar-refractivity contribution in [1.82, 2.24) is 4.98 Å². The van der Waals surface area contributed by atoms with Crippen LogP contribution in [0.25, 0.3) is 10.6 Å². The maximum Gasteiger partial charge on any atom is 0.257 e. The lowest BCUT2D eigenvalue weighted by Gasteiger charge is -2.11. The molecule has 0 bridgehead atoms. The highest BCUT2D eigenvalue weighted by Crippen LogP contribution is 2.65. The Balaban J connectivity index is 1.29.